The molecule has 0 fully saturated rings. The molecule has 90 valence electrons. The summed E-state index contributed by atoms with van der Waals surface area (Å²) in [6.45, 7) is 3.97. The number of hydrogen-bond donors (Lipinski definition) is 2. The molecule has 4 heteroatoms. The maximum absolute atomic E-state index is 11.4. The summed E-state index contributed by atoms with van der Waals surface area (Å²) in [5, 5.41) is 6.03. The van der Waals surface area contributed by atoms with E-state index in [0.29, 0.717) is 6.42 Å². The van der Waals surface area contributed by atoms with Crippen molar-refractivity contribution < 1.29 is 4.79 Å². The lowest BCUT2D eigenvalue weighted by Crippen LogP contribution is -2.34. The van der Waals surface area contributed by atoms with E-state index in [1.165, 1.54) is 0 Å². The highest BCUT2D eigenvalue weighted by atomic mass is 16.1. The van der Waals surface area contributed by atoms with Crippen LogP contribution >= 0.6 is 0 Å². The van der Waals surface area contributed by atoms with Gasteiger partial charge in [0.15, 0.2) is 0 Å². The van der Waals surface area contributed by atoms with Crippen LogP contribution in [0.15, 0.2) is 0 Å². The second-order valence-corrected chi connectivity index (χ2v) is 4.27. The number of carbonyl (C=O) groups is 1. The molecule has 0 heterocycles. The molecular weight excluding hydrogens is 190 g/mol. The number of hydrogen-bond acceptors (Lipinski definition) is 3. The molecule has 0 aliphatic carbocycles. The third-order valence-corrected chi connectivity index (χ3v) is 2.25. The highest BCUT2D eigenvalue weighted by Crippen LogP contribution is 1.94. The average Bonchev–Trinajstić information content (AvgIpc) is 2.15. The van der Waals surface area contributed by atoms with Gasteiger partial charge in [-0.1, -0.05) is 0 Å². The van der Waals surface area contributed by atoms with Gasteiger partial charge in [-0.2, -0.15) is 0 Å². The van der Waals surface area contributed by atoms with Crippen molar-refractivity contribution >= 4 is 5.91 Å². The zero-order valence-corrected chi connectivity index (χ0v) is 10.5. The number of nitrogens with zero attached hydrogens (tertiary/aromatic N) is 1. The molecular formula is C11H25N3O. The van der Waals surface area contributed by atoms with E-state index < -0.39 is 0 Å². The van der Waals surface area contributed by atoms with Crippen LogP contribution in [0.3, 0.4) is 0 Å². The average molecular weight is 215 g/mol. The Balaban J connectivity index is 3.49. The molecule has 0 rings (SSSR count). The summed E-state index contributed by atoms with van der Waals surface area (Å²) < 4.78 is 0. The summed E-state index contributed by atoms with van der Waals surface area (Å²) in [4.78, 5) is 13.5. The molecule has 0 saturated heterocycles. The molecule has 2 N–H and O–H groups in total. The standard InChI is InChI=1S/C11H25N3O/c1-10(7-9-14(3)4)13-11(15)6-5-8-12-2/h10,12H,5-9H2,1-4H3,(H,13,15). The molecule has 0 aromatic carbocycles. The first-order chi connectivity index (χ1) is 7.06. The molecule has 1 atom stereocenters. The highest BCUT2D eigenvalue weighted by Gasteiger charge is 2.06. The maximum atomic E-state index is 11.4. The van der Waals surface area contributed by atoms with Crippen molar-refractivity contribution in [2.75, 3.05) is 34.2 Å². The largest absolute Gasteiger partial charge is 0.354 e. The molecule has 0 spiro atoms. The van der Waals surface area contributed by atoms with Crippen molar-refractivity contribution in [3.63, 3.8) is 0 Å². The summed E-state index contributed by atoms with van der Waals surface area (Å²) in [7, 11) is 5.99. The molecule has 0 saturated carbocycles. The van der Waals surface area contributed by atoms with Crippen LogP contribution in [0.2, 0.25) is 0 Å². The Labute approximate surface area is 93.4 Å². The minimum absolute atomic E-state index is 0.163. The van der Waals surface area contributed by atoms with Crippen LogP contribution < -0.4 is 10.6 Å². The first-order valence-electron chi connectivity index (χ1n) is 5.65. The van der Waals surface area contributed by atoms with Crippen LogP contribution in [-0.4, -0.2) is 51.1 Å². The Morgan fingerprint density at radius 3 is 2.60 bits per heavy atom. The van der Waals surface area contributed by atoms with E-state index in [1.807, 2.05) is 21.1 Å². The van der Waals surface area contributed by atoms with Crippen molar-refractivity contribution in [3.05, 3.63) is 0 Å². The van der Waals surface area contributed by atoms with Crippen LogP contribution in [0.1, 0.15) is 26.2 Å². The molecule has 4 nitrogen and oxygen atoms in total. The Hall–Kier alpha value is -0.610. The third kappa shape index (κ3) is 9.69. The fourth-order valence-corrected chi connectivity index (χ4v) is 1.30. The van der Waals surface area contributed by atoms with Gasteiger partial charge in [0, 0.05) is 12.5 Å². The predicted octanol–water partition coefficient (Wildman–Crippen LogP) is 0.442. The van der Waals surface area contributed by atoms with Gasteiger partial charge in [0.05, 0.1) is 0 Å². The van der Waals surface area contributed by atoms with Gasteiger partial charge in [-0.3, -0.25) is 4.79 Å². The van der Waals surface area contributed by atoms with Crippen LogP contribution in [0.5, 0.6) is 0 Å². The number of nitrogens with one attached hydrogen (secondary N) is 2. The van der Waals surface area contributed by atoms with Crippen molar-refractivity contribution in [1.29, 1.82) is 0 Å². The van der Waals surface area contributed by atoms with E-state index in [-0.39, 0.29) is 11.9 Å². The summed E-state index contributed by atoms with van der Waals surface area (Å²) in [5.41, 5.74) is 0. The van der Waals surface area contributed by atoms with Gasteiger partial charge >= 0.3 is 0 Å². The molecule has 0 aromatic heterocycles. The first kappa shape index (κ1) is 14.4. The summed E-state index contributed by atoms with van der Waals surface area (Å²) in [5.74, 6) is 0.163. The maximum Gasteiger partial charge on any atom is 0.220 e. The number of amides is 1. The normalized spacial score (nSPS) is 12.9. The Morgan fingerprint density at radius 1 is 1.40 bits per heavy atom. The fraction of sp³-hybridized carbons (Fsp3) is 0.909. The fourth-order valence-electron chi connectivity index (χ4n) is 1.30. The van der Waals surface area contributed by atoms with E-state index in [9.17, 15) is 4.79 Å². The summed E-state index contributed by atoms with van der Waals surface area (Å²) >= 11 is 0. The molecule has 0 bridgehead atoms. The highest BCUT2D eigenvalue weighted by molar-refractivity contribution is 5.76. The topological polar surface area (TPSA) is 44.4 Å². The lowest BCUT2D eigenvalue weighted by Gasteiger charge is -2.16. The second-order valence-electron chi connectivity index (χ2n) is 4.27. The van der Waals surface area contributed by atoms with E-state index >= 15 is 0 Å². The van der Waals surface area contributed by atoms with Crippen LogP contribution in [0.4, 0.5) is 0 Å². The van der Waals surface area contributed by atoms with Crippen molar-refractivity contribution in [1.82, 2.24) is 15.5 Å². The molecule has 1 unspecified atom stereocenters. The molecule has 0 aliphatic heterocycles. The van der Waals surface area contributed by atoms with E-state index in [2.05, 4.69) is 22.5 Å². The van der Waals surface area contributed by atoms with E-state index in [4.69, 9.17) is 0 Å². The van der Waals surface area contributed by atoms with Gasteiger partial charge in [0.2, 0.25) is 5.91 Å². The summed E-state index contributed by atoms with van der Waals surface area (Å²) in [6, 6.07) is 0.273. The van der Waals surface area contributed by atoms with Crippen LogP contribution in [0.25, 0.3) is 0 Å². The molecule has 0 radical (unpaired) electrons. The van der Waals surface area contributed by atoms with E-state index in [0.717, 1.165) is 25.9 Å². The lowest BCUT2D eigenvalue weighted by molar-refractivity contribution is -0.121. The summed E-state index contributed by atoms with van der Waals surface area (Å²) in [6.07, 6.45) is 2.53. The SMILES string of the molecule is CNCCCC(=O)NC(C)CCN(C)C. The molecule has 0 aromatic rings. The zero-order chi connectivity index (χ0) is 11.7. The molecule has 15 heavy (non-hydrogen) atoms. The Morgan fingerprint density at radius 2 is 2.07 bits per heavy atom. The monoisotopic (exact) mass is 215 g/mol. The Bertz CT molecular complexity index is 171. The number of carbonyl (C=O) groups excluding carboxylic acids is 1. The van der Waals surface area contributed by atoms with Crippen molar-refractivity contribution in [2.45, 2.75) is 32.2 Å². The van der Waals surface area contributed by atoms with Gasteiger partial charge in [-0.25, -0.2) is 0 Å². The second kappa shape index (κ2) is 8.68. The van der Waals surface area contributed by atoms with Crippen LogP contribution in [0, 0.1) is 0 Å². The smallest absolute Gasteiger partial charge is 0.220 e. The van der Waals surface area contributed by atoms with Gasteiger partial charge < -0.3 is 15.5 Å². The third-order valence-electron chi connectivity index (χ3n) is 2.25. The first-order valence-corrected chi connectivity index (χ1v) is 5.65. The minimum Gasteiger partial charge on any atom is -0.354 e. The van der Waals surface area contributed by atoms with Gasteiger partial charge in [-0.15, -0.1) is 0 Å². The van der Waals surface area contributed by atoms with Gasteiger partial charge in [-0.05, 0) is 54.0 Å². The van der Waals surface area contributed by atoms with Gasteiger partial charge in [0.25, 0.3) is 0 Å². The zero-order valence-electron chi connectivity index (χ0n) is 10.5. The number of rotatable bonds is 8. The lowest BCUT2D eigenvalue weighted by atomic mass is 10.2. The predicted molar refractivity (Wildman–Crippen MR) is 63.9 cm³/mol. The molecule has 0 aliphatic rings. The van der Waals surface area contributed by atoms with Gasteiger partial charge in [0.1, 0.15) is 0 Å². The van der Waals surface area contributed by atoms with Crippen LogP contribution in [-0.2, 0) is 4.79 Å². The quantitative estimate of drug-likeness (QED) is 0.578. The van der Waals surface area contributed by atoms with Crippen molar-refractivity contribution in [3.8, 4) is 0 Å². The minimum atomic E-state index is 0.163. The van der Waals surface area contributed by atoms with E-state index in [1.54, 1.807) is 0 Å². The molecule has 1 amide bonds. The van der Waals surface area contributed by atoms with Crippen molar-refractivity contribution in [2.24, 2.45) is 0 Å². The Kier molecular flexibility index (Phi) is 8.33.